The van der Waals surface area contributed by atoms with Gasteiger partial charge in [-0.05, 0) is 43.4 Å². The molecule has 1 atom stereocenters. The molecule has 1 saturated heterocycles. The first-order valence-electron chi connectivity index (χ1n) is 12.2. The van der Waals surface area contributed by atoms with Crippen molar-refractivity contribution in [1.82, 2.24) is 20.3 Å². The van der Waals surface area contributed by atoms with Crippen LogP contribution in [0.4, 0.5) is 5.95 Å². The Kier molecular flexibility index (Phi) is 7.15. The fourth-order valence-electron chi connectivity index (χ4n) is 4.54. The van der Waals surface area contributed by atoms with Crippen molar-refractivity contribution in [2.75, 3.05) is 18.9 Å². The summed E-state index contributed by atoms with van der Waals surface area (Å²) in [5.41, 5.74) is 7.88. The molecule has 37 heavy (non-hydrogen) atoms. The first-order valence-corrected chi connectivity index (χ1v) is 13.1. The van der Waals surface area contributed by atoms with E-state index in [2.05, 4.69) is 25.6 Å². The van der Waals surface area contributed by atoms with Crippen LogP contribution in [0, 0.1) is 0 Å². The average Bonchev–Trinajstić information content (AvgIpc) is 3.67. The molecule has 1 amide bonds. The molecule has 192 valence electrons. The van der Waals surface area contributed by atoms with Crippen LogP contribution in [0.5, 0.6) is 0 Å². The third-order valence-corrected chi connectivity index (χ3v) is 7.41. The second-order valence-corrected chi connectivity index (χ2v) is 9.92. The molecule has 2 aliphatic rings. The fraction of sp³-hybridized carbons (Fsp3) is 0.346. The normalized spacial score (nSPS) is 20.8. The first kappa shape index (κ1) is 24.8. The van der Waals surface area contributed by atoms with E-state index in [4.69, 9.17) is 15.5 Å². The van der Waals surface area contributed by atoms with Crippen molar-refractivity contribution in [3.63, 3.8) is 0 Å². The number of ether oxygens (including phenoxy) is 1. The Morgan fingerprint density at radius 1 is 1.30 bits per heavy atom. The van der Waals surface area contributed by atoms with Crippen molar-refractivity contribution < 1.29 is 14.6 Å². The van der Waals surface area contributed by atoms with Gasteiger partial charge < -0.3 is 26.2 Å². The maximum Gasteiger partial charge on any atom is 0.256 e. The van der Waals surface area contributed by atoms with E-state index in [-0.39, 0.29) is 17.9 Å². The number of allylic oxidation sites excluding steroid dienone is 1. The predicted molar refractivity (Wildman–Crippen MR) is 143 cm³/mol. The average molecular weight is 520 g/mol. The summed E-state index contributed by atoms with van der Waals surface area (Å²) in [6.07, 6.45) is 7.96. The van der Waals surface area contributed by atoms with Crippen LogP contribution in [0.3, 0.4) is 0 Å². The maximum absolute atomic E-state index is 12.2. The number of carbonyl (C=O) groups excluding carboxylic acids is 1. The molecule has 2 aromatic heterocycles. The minimum Gasteiger partial charge on any atom is -0.475 e. The standard InChI is InChI=1S/C26H29N7O3S/c1-28-14-20(22(27)36-18-7-2-3-8-18)33-25-30-11-9-19(32-25)21-15-37-23(31-21)16-5-4-6-17(13-16)26(35)10-12-29-24(26)34/h4-6,9,11,13-15,18,35H,2-3,7-8,10,12,27H2,1H3,(H,29,34)(H,30,32,33)/b22-20-,28-14?. The fourth-order valence-corrected chi connectivity index (χ4v) is 5.35. The summed E-state index contributed by atoms with van der Waals surface area (Å²) in [7, 11) is 1.66. The molecule has 1 saturated carbocycles. The predicted octanol–water partition coefficient (Wildman–Crippen LogP) is 3.17. The monoisotopic (exact) mass is 519 g/mol. The number of carbonyl (C=O) groups is 1. The first-order chi connectivity index (χ1) is 18.0. The lowest BCUT2D eigenvalue weighted by Crippen LogP contribution is -2.35. The number of aliphatic hydroxyl groups is 1. The summed E-state index contributed by atoms with van der Waals surface area (Å²) in [5, 5.41) is 19.3. The van der Waals surface area contributed by atoms with Gasteiger partial charge in [-0.3, -0.25) is 9.79 Å². The van der Waals surface area contributed by atoms with E-state index >= 15 is 0 Å². The lowest BCUT2D eigenvalue weighted by atomic mass is 9.91. The Morgan fingerprint density at radius 3 is 2.89 bits per heavy atom. The molecule has 3 aromatic rings. The van der Waals surface area contributed by atoms with Crippen molar-refractivity contribution in [2.24, 2.45) is 10.7 Å². The minimum absolute atomic E-state index is 0.116. The number of aliphatic imine (C=N–C) groups is 1. The van der Waals surface area contributed by atoms with Crippen LogP contribution in [-0.4, -0.2) is 51.9 Å². The number of amides is 1. The van der Waals surface area contributed by atoms with Gasteiger partial charge in [0.25, 0.3) is 5.91 Å². The summed E-state index contributed by atoms with van der Waals surface area (Å²) in [4.78, 5) is 29.9. The van der Waals surface area contributed by atoms with E-state index in [1.165, 1.54) is 11.3 Å². The molecule has 1 aliphatic heterocycles. The third-order valence-electron chi connectivity index (χ3n) is 6.52. The van der Waals surface area contributed by atoms with Crippen LogP contribution in [0.15, 0.2) is 58.5 Å². The lowest BCUT2D eigenvalue weighted by molar-refractivity contribution is -0.135. The van der Waals surface area contributed by atoms with Crippen molar-refractivity contribution in [1.29, 1.82) is 0 Å². The lowest BCUT2D eigenvalue weighted by Gasteiger charge is -2.20. The van der Waals surface area contributed by atoms with Gasteiger partial charge in [-0.15, -0.1) is 11.3 Å². The summed E-state index contributed by atoms with van der Waals surface area (Å²) in [6, 6.07) is 9.08. The zero-order valence-electron chi connectivity index (χ0n) is 20.5. The van der Waals surface area contributed by atoms with Crippen LogP contribution in [0.25, 0.3) is 22.0 Å². The topological polar surface area (TPSA) is 148 Å². The van der Waals surface area contributed by atoms with Gasteiger partial charge in [-0.1, -0.05) is 18.2 Å². The molecule has 1 aromatic carbocycles. The molecule has 5 N–H and O–H groups in total. The van der Waals surface area contributed by atoms with Gasteiger partial charge in [0.1, 0.15) is 22.5 Å². The number of nitrogens with two attached hydrogens (primary N) is 1. The molecule has 10 nitrogen and oxygen atoms in total. The number of aromatic nitrogens is 3. The molecule has 0 spiro atoms. The number of nitrogens with zero attached hydrogens (tertiary/aromatic N) is 4. The highest BCUT2D eigenvalue weighted by Gasteiger charge is 2.42. The van der Waals surface area contributed by atoms with Gasteiger partial charge in [0.05, 0.1) is 5.69 Å². The zero-order chi connectivity index (χ0) is 25.8. The van der Waals surface area contributed by atoms with Crippen LogP contribution < -0.4 is 16.4 Å². The number of anilines is 1. The van der Waals surface area contributed by atoms with Gasteiger partial charge in [0, 0.05) is 43.4 Å². The molecule has 1 aliphatic carbocycles. The molecule has 0 bridgehead atoms. The zero-order valence-corrected chi connectivity index (χ0v) is 21.3. The largest absolute Gasteiger partial charge is 0.475 e. The Morgan fingerprint density at radius 2 is 2.14 bits per heavy atom. The van der Waals surface area contributed by atoms with Gasteiger partial charge >= 0.3 is 0 Å². The summed E-state index contributed by atoms with van der Waals surface area (Å²) in [5.74, 6) is 0.234. The van der Waals surface area contributed by atoms with Crippen LogP contribution in [0.1, 0.15) is 37.7 Å². The second kappa shape index (κ2) is 10.7. The highest BCUT2D eigenvalue weighted by molar-refractivity contribution is 7.13. The Hall–Kier alpha value is -3.83. The molecular weight excluding hydrogens is 490 g/mol. The molecule has 1 unspecified atom stereocenters. The maximum atomic E-state index is 12.2. The van der Waals surface area contributed by atoms with E-state index in [0.717, 1.165) is 36.3 Å². The van der Waals surface area contributed by atoms with Gasteiger partial charge in [-0.25, -0.2) is 15.0 Å². The number of thiazole rings is 1. The van der Waals surface area contributed by atoms with Crippen molar-refractivity contribution in [2.45, 2.75) is 43.8 Å². The number of hydrogen-bond acceptors (Lipinski definition) is 10. The van der Waals surface area contributed by atoms with Gasteiger partial charge in [0.15, 0.2) is 5.60 Å². The highest BCUT2D eigenvalue weighted by atomic mass is 32.1. The smallest absolute Gasteiger partial charge is 0.256 e. The highest BCUT2D eigenvalue weighted by Crippen LogP contribution is 2.34. The van der Waals surface area contributed by atoms with E-state index in [9.17, 15) is 9.90 Å². The molecule has 0 radical (unpaired) electrons. The van der Waals surface area contributed by atoms with E-state index in [0.29, 0.717) is 41.6 Å². The number of nitrogens with one attached hydrogen (secondary N) is 2. The number of benzene rings is 1. The molecular formula is C26H29N7O3S. The Labute approximate surface area is 218 Å². The molecule has 5 rings (SSSR count). The van der Waals surface area contributed by atoms with Crippen LogP contribution >= 0.6 is 11.3 Å². The summed E-state index contributed by atoms with van der Waals surface area (Å²) >= 11 is 1.45. The van der Waals surface area contributed by atoms with Crippen LogP contribution in [0.2, 0.25) is 0 Å². The van der Waals surface area contributed by atoms with Crippen molar-refractivity contribution in [3.05, 3.63) is 59.1 Å². The van der Waals surface area contributed by atoms with E-state index in [1.807, 2.05) is 23.6 Å². The minimum atomic E-state index is -1.51. The molecule has 11 heteroatoms. The van der Waals surface area contributed by atoms with E-state index in [1.54, 1.807) is 31.6 Å². The number of rotatable bonds is 8. The third kappa shape index (κ3) is 5.32. The molecule has 2 fully saturated rings. The van der Waals surface area contributed by atoms with Gasteiger partial charge in [-0.2, -0.15) is 0 Å². The van der Waals surface area contributed by atoms with E-state index < -0.39 is 5.60 Å². The van der Waals surface area contributed by atoms with Crippen molar-refractivity contribution >= 4 is 29.4 Å². The SMILES string of the molecule is CN=C/C(Nc1nccc(-c2csc(-c3cccc(C4(O)CCNC4=O)c3)n2)n1)=C(\N)OC1CCCC1. The van der Waals surface area contributed by atoms with Crippen molar-refractivity contribution in [3.8, 4) is 22.0 Å². The Bertz CT molecular complexity index is 1350. The summed E-state index contributed by atoms with van der Waals surface area (Å²) < 4.78 is 5.92. The number of hydrogen-bond donors (Lipinski definition) is 4. The molecule has 3 heterocycles. The van der Waals surface area contributed by atoms with Gasteiger partial charge in [0.2, 0.25) is 11.8 Å². The summed E-state index contributed by atoms with van der Waals surface area (Å²) in [6.45, 7) is 0.449. The quantitative estimate of drug-likeness (QED) is 0.262. The second-order valence-electron chi connectivity index (χ2n) is 9.06. The Balaban J connectivity index is 1.36. The van der Waals surface area contributed by atoms with Crippen LogP contribution in [-0.2, 0) is 15.1 Å².